The minimum absolute atomic E-state index is 0.256. The lowest BCUT2D eigenvalue weighted by Crippen LogP contribution is -2.04. The summed E-state index contributed by atoms with van der Waals surface area (Å²) in [5.74, 6) is -0.256. The van der Waals surface area contributed by atoms with Crippen LogP contribution in [-0.4, -0.2) is 12.6 Å². The molecule has 0 aliphatic heterocycles. The highest BCUT2D eigenvalue weighted by molar-refractivity contribution is 14.1. The molecule has 0 radical (unpaired) electrons. The summed E-state index contributed by atoms with van der Waals surface area (Å²) in [5.41, 5.74) is 0. The summed E-state index contributed by atoms with van der Waals surface area (Å²) in [6.45, 7) is 2.45. The molecule has 0 aromatic carbocycles. The van der Waals surface area contributed by atoms with Crippen LogP contribution >= 0.6 is 61.1 Å². The molecule has 0 aliphatic rings. The number of halogens is 3. The first-order valence-electron chi connectivity index (χ1n) is 2.97. The van der Waals surface area contributed by atoms with E-state index in [-0.39, 0.29) is 5.97 Å². The van der Waals surface area contributed by atoms with Gasteiger partial charge in [0, 0.05) is 0 Å². The average Bonchev–Trinajstić information content (AvgIpc) is 1.98. The summed E-state index contributed by atoms with van der Waals surface area (Å²) >= 11 is 7.16. The zero-order chi connectivity index (χ0) is 8.85. The summed E-state index contributed by atoms with van der Waals surface area (Å²) in [6.07, 6.45) is 0.856. The molecule has 5 heteroatoms. The quantitative estimate of drug-likeness (QED) is 0.379. The Balaban J connectivity index is 3.95. The largest absolute Gasteiger partial charge is 0.462 e. The highest BCUT2D eigenvalue weighted by Crippen LogP contribution is 2.25. The van der Waals surface area contributed by atoms with E-state index in [1.807, 2.05) is 52.1 Å². The van der Waals surface area contributed by atoms with E-state index < -0.39 is 0 Å². The maximum Gasteiger partial charge on any atom is 0.345 e. The van der Waals surface area contributed by atoms with Crippen LogP contribution in [0, 0.1) is 0 Å². The summed E-state index contributed by atoms with van der Waals surface area (Å²) in [6, 6.07) is 0. The molecule has 0 saturated carbocycles. The van der Waals surface area contributed by atoms with E-state index >= 15 is 0 Å². The molecule has 0 spiro atoms. The van der Waals surface area contributed by atoms with E-state index in [9.17, 15) is 4.79 Å². The van der Waals surface area contributed by atoms with E-state index in [1.165, 1.54) is 0 Å². The van der Waals surface area contributed by atoms with Crippen LogP contribution in [0.5, 0.6) is 0 Å². The van der Waals surface area contributed by atoms with Crippen LogP contribution in [0.2, 0.25) is 0 Å². The van der Waals surface area contributed by atoms with E-state index in [2.05, 4.69) is 15.9 Å². The van der Waals surface area contributed by atoms with Gasteiger partial charge in [0.05, 0.1) is 9.10 Å². The molecule has 0 fully saturated rings. The summed E-state index contributed by atoms with van der Waals surface area (Å²) in [7, 11) is 0. The van der Waals surface area contributed by atoms with E-state index in [0.717, 1.165) is 8.91 Å². The van der Waals surface area contributed by atoms with Gasteiger partial charge in [-0.05, 0) is 67.5 Å². The van der Waals surface area contributed by atoms with Crippen LogP contribution in [0.1, 0.15) is 13.3 Å². The molecule has 0 saturated heterocycles. The number of esters is 1. The molecule has 11 heavy (non-hydrogen) atoms. The van der Waals surface area contributed by atoms with Crippen molar-refractivity contribution in [3.8, 4) is 0 Å². The van der Waals surface area contributed by atoms with Crippen molar-refractivity contribution in [3.05, 3.63) is 6.07 Å². The van der Waals surface area contributed by atoms with E-state index in [1.54, 1.807) is 0 Å². The molecule has 0 atom stereocenters. The number of hydrogen-bond donors (Lipinski definition) is 0. The molecular weight excluding hydrogens is 438 g/mol. The first-order valence-corrected chi connectivity index (χ1v) is 5.92. The fraction of sp³-hybridized carbons (Fsp3) is 0.500. The Morgan fingerprint density at radius 3 is 2.45 bits per heavy atom. The Bertz CT molecular complexity index is 175. The monoisotopic (exact) mass is 444 g/mol. The molecule has 0 aromatic rings. The highest BCUT2D eigenvalue weighted by atomic mass is 127. The van der Waals surface area contributed by atoms with Crippen molar-refractivity contribution < 1.29 is 9.53 Å². The molecular formula is C6H7BrI2O2. The van der Waals surface area contributed by atoms with Gasteiger partial charge in [-0.1, -0.05) is 6.92 Å². The summed E-state index contributed by atoms with van der Waals surface area (Å²) < 4.78 is 6.26. The van der Waals surface area contributed by atoms with Crippen molar-refractivity contribution in [2.24, 2.45) is 0 Å². The van der Waals surface area contributed by atoms with Gasteiger partial charge in [0.25, 0.3) is 0 Å². The molecule has 0 rings (SSSR count). The van der Waals surface area contributed by atoms with Crippen LogP contribution in [-0.2, 0) is 9.53 Å². The van der Waals surface area contributed by atoms with Crippen molar-refractivity contribution in [1.82, 2.24) is 0 Å². The zero-order valence-electron chi connectivity index (χ0n) is 5.86. The Morgan fingerprint density at radius 1 is 1.55 bits per heavy atom. The second-order valence-corrected chi connectivity index (χ2v) is 6.14. The van der Waals surface area contributed by atoms with Gasteiger partial charge in [0.15, 0.2) is 0 Å². The SMILES string of the molecule is CCCOC(=O)C(I)=C(Br)I. The second kappa shape index (κ2) is 6.64. The van der Waals surface area contributed by atoms with Crippen molar-refractivity contribution in [3.63, 3.8) is 0 Å². The molecule has 0 unspecified atom stereocenters. The summed E-state index contributed by atoms with van der Waals surface area (Å²) in [4.78, 5) is 11.0. The number of carbonyl (C=O) groups is 1. The van der Waals surface area contributed by atoms with Crippen molar-refractivity contribution in [2.75, 3.05) is 6.61 Å². The van der Waals surface area contributed by atoms with Crippen LogP contribution < -0.4 is 0 Å². The number of hydrogen-bond acceptors (Lipinski definition) is 2. The van der Waals surface area contributed by atoms with Crippen molar-refractivity contribution in [2.45, 2.75) is 13.3 Å². The van der Waals surface area contributed by atoms with Gasteiger partial charge < -0.3 is 4.74 Å². The summed E-state index contributed by atoms with van der Waals surface area (Å²) in [5, 5.41) is 0. The van der Waals surface area contributed by atoms with Gasteiger partial charge in [-0.15, -0.1) is 0 Å². The first-order chi connectivity index (χ1) is 5.09. The van der Waals surface area contributed by atoms with Gasteiger partial charge in [-0.25, -0.2) is 4.79 Å². The molecule has 0 N–H and O–H groups in total. The van der Waals surface area contributed by atoms with Crippen molar-refractivity contribution >= 4 is 67.1 Å². The third-order valence-electron chi connectivity index (χ3n) is 0.782. The minimum atomic E-state index is -0.256. The third-order valence-corrected chi connectivity index (χ3v) is 4.47. The molecule has 0 heterocycles. The van der Waals surface area contributed by atoms with Crippen LogP contribution in [0.4, 0.5) is 0 Å². The van der Waals surface area contributed by atoms with Crippen LogP contribution in [0.3, 0.4) is 0 Å². The van der Waals surface area contributed by atoms with Gasteiger partial charge in [-0.2, -0.15) is 0 Å². The fourth-order valence-electron chi connectivity index (χ4n) is 0.335. The fourth-order valence-corrected chi connectivity index (χ4v) is 0.873. The van der Waals surface area contributed by atoms with Crippen LogP contribution in [0.15, 0.2) is 6.07 Å². The Kier molecular flexibility index (Phi) is 7.34. The standard InChI is InChI=1S/C6H7BrI2O2/c1-2-3-11-6(10)4(8)5(7)9/h2-3H2,1H3. The molecule has 64 valence electrons. The topological polar surface area (TPSA) is 26.3 Å². The smallest absolute Gasteiger partial charge is 0.345 e. The average molecular weight is 445 g/mol. The van der Waals surface area contributed by atoms with Gasteiger partial charge in [0.2, 0.25) is 0 Å². The predicted molar refractivity (Wildman–Crippen MR) is 65.2 cm³/mol. The van der Waals surface area contributed by atoms with Gasteiger partial charge >= 0.3 is 5.97 Å². The lowest BCUT2D eigenvalue weighted by Gasteiger charge is -2.00. The molecule has 0 aromatic heterocycles. The minimum Gasteiger partial charge on any atom is -0.462 e. The lowest BCUT2D eigenvalue weighted by atomic mass is 10.5. The lowest BCUT2D eigenvalue weighted by molar-refractivity contribution is -0.137. The maximum absolute atomic E-state index is 11.0. The number of ether oxygens (including phenoxy) is 1. The predicted octanol–water partition coefficient (Wildman–Crippen LogP) is 3.37. The molecule has 0 aliphatic carbocycles. The maximum atomic E-state index is 11.0. The van der Waals surface area contributed by atoms with E-state index in [4.69, 9.17) is 4.74 Å². The van der Waals surface area contributed by atoms with Crippen molar-refractivity contribution in [1.29, 1.82) is 0 Å². The molecule has 0 amide bonds. The highest BCUT2D eigenvalue weighted by Gasteiger charge is 2.09. The number of rotatable bonds is 3. The van der Waals surface area contributed by atoms with Crippen LogP contribution in [0.25, 0.3) is 0 Å². The Hall–Kier alpha value is 1.15. The molecule has 0 bridgehead atoms. The first kappa shape index (κ1) is 12.2. The van der Waals surface area contributed by atoms with E-state index in [0.29, 0.717) is 10.2 Å². The Labute approximate surface area is 102 Å². The number of carbonyl (C=O) groups excluding carboxylic acids is 1. The second-order valence-electron chi connectivity index (χ2n) is 1.71. The molecule has 2 nitrogen and oxygen atoms in total. The van der Waals surface area contributed by atoms with Gasteiger partial charge in [0.1, 0.15) is 3.58 Å². The van der Waals surface area contributed by atoms with Gasteiger partial charge in [-0.3, -0.25) is 0 Å². The normalized spacial score (nSPS) is 12.4. The zero-order valence-corrected chi connectivity index (χ0v) is 11.8. The third kappa shape index (κ3) is 5.40. The Morgan fingerprint density at radius 2 is 2.09 bits per heavy atom.